The van der Waals surface area contributed by atoms with Crippen molar-refractivity contribution in [3.8, 4) is 11.4 Å². The summed E-state index contributed by atoms with van der Waals surface area (Å²) in [5.74, 6) is 1.40. The van der Waals surface area contributed by atoms with Crippen LogP contribution in [0, 0.1) is 20.8 Å². The molecule has 0 fully saturated rings. The van der Waals surface area contributed by atoms with Crippen LogP contribution in [-0.4, -0.2) is 19.6 Å². The molecule has 0 aliphatic carbocycles. The van der Waals surface area contributed by atoms with Crippen LogP contribution >= 0.6 is 0 Å². The van der Waals surface area contributed by atoms with Crippen LogP contribution in [0.3, 0.4) is 0 Å². The van der Waals surface area contributed by atoms with E-state index in [-0.39, 0.29) is 0 Å². The van der Waals surface area contributed by atoms with Gasteiger partial charge in [0.25, 0.3) is 5.78 Å². The third-order valence-electron chi connectivity index (χ3n) is 3.31. The number of aromatic nitrogens is 4. The molecule has 5 heteroatoms. The summed E-state index contributed by atoms with van der Waals surface area (Å²) in [4.78, 5) is 4.39. The fourth-order valence-corrected chi connectivity index (χ4v) is 2.30. The molecule has 96 valence electrons. The number of fused-ring (bicyclic) bond motifs is 1. The predicted octanol–water partition coefficient (Wildman–Crippen LogP) is 2.30. The second kappa shape index (κ2) is 4.05. The van der Waals surface area contributed by atoms with Crippen molar-refractivity contribution in [1.82, 2.24) is 19.6 Å². The Hall–Kier alpha value is -2.43. The molecule has 2 aromatic heterocycles. The lowest BCUT2D eigenvalue weighted by molar-refractivity contribution is 1.02. The van der Waals surface area contributed by atoms with Gasteiger partial charge in [-0.1, -0.05) is 12.1 Å². The second-order valence-corrected chi connectivity index (χ2v) is 4.72. The Kier molecular flexibility index (Phi) is 2.48. The van der Waals surface area contributed by atoms with Gasteiger partial charge < -0.3 is 5.73 Å². The molecule has 3 rings (SSSR count). The maximum Gasteiger partial charge on any atom is 0.255 e. The lowest BCUT2D eigenvalue weighted by Gasteiger charge is -2.08. The Morgan fingerprint density at radius 2 is 1.89 bits per heavy atom. The van der Waals surface area contributed by atoms with Gasteiger partial charge >= 0.3 is 0 Å². The van der Waals surface area contributed by atoms with E-state index in [4.69, 9.17) is 5.73 Å². The number of benzene rings is 1. The minimum absolute atomic E-state index is 0.620. The Bertz CT molecular complexity index is 773. The topological polar surface area (TPSA) is 69.1 Å². The zero-order chi connectivity index (χ0) is 13.6. The predicted molar refractivity (Wildman–Crippen MR) is 74.8 cm³/mol. The van der Waals surface area contributed by atoms with Gasteiger partial charge in [-0.2, -0.15) is 0 Å². The molecular weight excluding hydrogens is 238 g/mol. The molecule has 2 N–H and O–H groups in total. The number of anilines is 1. The van der Waals surface area contributed by atoms with E-state index in [0.717, 1.165) is 34.0 Å². The van der Waals surface area contributed by atoms with Crippen molar-refractivity contribution in [2.24, 2.45) is 0 Å². The summed E-state index contributed by atoms with van der Waals surface area (Å²) < 4.78 is 1.95. The maximum atomic E-state index is 5.96. The average Bonchev–Trinajstić information content (AvgIpc) is 2.76. The number of nitrogens with zero attached hydrogens (tertiary/aromatic N) is 4. The fourth-order valence-electron chi connectivity index (χ4n) is 2.30. The van der Waals surface area contributed by atoms with Crippen LogP contribution in [0.15, 0.2) is 24.3 Å². The highest BCUT2D eigenvalue weighted by molar-refractivity contribution is 5.69. The van der Waals surface area contributed by atoms with E-state index in [1.807, 2.05) is 49.4 Å². The van der Waals surface area contributed by atoms with Crippen LogP contribution in [0.25, 0.3) is 17.2 Å². The van der Waals surface area contributed by atoms with E-state index >= 15 is 0 Å². The largest absolute Gasteiger partial charge is 0.398 e. The van der Waals surface area contributed by atoms with Crippen molar-refractivity contribution in [1.29, 1.82) is 0 Å². The zero-order valence-corrected chi connectivity index (χ0v) is 11.2. The molecule has 2 heterocycles. The molecule has 0 radical (unpaired) electrons. The van der Waals surface area contributed by atoms with Crippen molar-refractivity contribution in [2.45, 2.75) is 20.8 Å². The minimum Gasteiger partial charge on any atom is -0.398 e. The van der Waals surface area contributed by atoms with Crippen molar-refractivity contribution in [3.05, 3.63) is 41.2 Å². The SMILES string of the molecule is Cc1cc(C)n2c(-c3cccc(N)c3C)nnc2n1. The Morgan fingerprint density at radius 3 is 2.68 bits per heavy atom. The number of rotatable bonds is 1. The third-order valence-corrected chi connectivity index (χ3v) is 3.31. The summed E-state index contributed by atoms with van der Waals surface area (Å²) in [6.07, 6.45) is 0. The van der Waals surface area contributed by atoms with Crippen LogP contribution in [-0.2, 0) is 0 Å². The molecule has 5 nitrogen and oxygen atoms in total. The van der Waals surface area contributed by atoms with Crippen molar-refractivity contribution < 1.29 is 0 Å². The van der Waals surface area contributed by atoms with E-state index in [1.165, 1.54) is 0 Å². The Labute approximate surface area is 111 Å². The molecule has 19 heavy (non-hydrogen) atoms. The highest BCUT2D eigenvalue weighted by atomic mass is 15.3. The average molecular weight is 253 g/mol. The first-order valence-electron chi connectivity index (χ1n) is 6.13. The lowest BCUT2D eigenvalue weighted by Crippen LogP contribution is -2.00. The second-order valence-electron chi connectivity index (χ2n) is 4.72. The van der Waals surface area contributed by atoms with Gasteiger partial charge in [0.15, 0.2) is 5.82 Å². The smallest absolute Gasteiger partial charge is 0.255 e. The molecule has 0 saturated heterocycles. The summed E-state index contributed by atoms with van der Waals surface area (Å²) >= 11 is 0. The standard InChI is InChI=1S/C14H15N5/c1-8-7-9(2)19-13(17-18-14(19)16-8)11-5-4-6-12(15)10(11)3/h4-7H,15H2,1-3H3. The minimum atomic E-state index is 0.620. The van der Waals surface area contributed by atoms with Crippen LogP contribution in [0.1, 0.15) is 17.0 Å². The molecule has 0 saturated carbocycles. The van der Waals surface area contributed by atoms with Gasteiger partial charge in [-0.05, 0) is 38.5 Å². The molecule has 0 spiro atoms. The normalized spacial score (nSPS) is 11.1. The Morgan fingerprint density at radius 1 is 1.11 bits per heavy atom. The van der Waals surface area contributed by atoms with E-state index in [1.54, 1.807) is 0 Å². The number of hydrogen-bond donors (Lipinski definition) is 1. The van der Waals surface area contributed by atoms with Crippen LogP contribution in [0.5, 0.6) is 0 Å². The number of aryl methyl sites for hydroxylation is 2. The molecule has 0 aliphatic heterocycles. The summed E-state index contributed by atoms with van der Waals surface area (Å²) in [6.45, 7) is 5.96. The number of nitrogen functional groups attached to an aromatic ring is 1. The monoisotopic (exact) mass is 253 g/mol. The first-order valence-corrected chi connectivity index (χ1v) is 6.13. The maximum absolute atomic E-state index is 5.96. The fraction of sp³-hybridized carbons (Fsp3) is 0.214. The summed E-state index contributed by atoms with van der Waals surface area (Å²) in [6, 6.07) is 7.83. The van der Waals surface area contributed by atoms with Gasteiger partial charge in [0.1, 0.15) is 0 Å². The first kappa shape index (κ1) is 11.6. The third kappa shape index (κ3) is 1.74. The molecular formula is C14H15N5. The first-order chi connectivity index (χ1) is 9.08. The van der Waals surface area contributed by atoms with Gasteiger partial charge in [0.05, 0.1) is 0 Å². The molecule has 0 bridgehead atoms. The molecule has 0 amide bonds. The van der Waals surface area contributed by atoms with Gasteiger partial charge in [0, 0.05) is 22.6 Å². The van der Waals surface area contributed by atoms with Crippen LogP contribution < -0.4 is 5.73 Å². The van der Waals surface area contributed by atoms with Crippen molar-refractivity contribution in [2.75, 3.05) is 5.73 Å². The summed E-state index contributed by atoms with van der Waals surface area (Å²) in [5.41, 5.74) is 10.7. The molecule has 3 aromatic rings. The van der Waals surface area contributed by atoms with E-state index < -0.39 is 0 Å². The number of nitrogens with two attached hydrogens (primary N) is 1. The van der Waals surface area contributed by atoms with Crippen molar-refractivity contribution in [3.63, 3.8) is 0 Å². The van der Waals surface area contributed by atoms with Gasteiger partial charge in [-0.15, -0.1) is 10.2 Å². The van der Waals surface area contributed by atoms with Gasteiger partial charge in [0.2, 0.25) is 0 Å². The highest BCUT2D eigenvalue weighted by Crippen LogP contribution is 2.26. The molecule has 1 aromatic carbocycles. The van der Waals surface area contributed by atoms with Crippen molar-refractivity contribution >= 4 is 11.5 Å². The zero-order valence-electron chi connectivity index (χ0n) is 11.2. The molecule has 0 unspecified atom stereocenters. The quantitative estimate of drug-likeness (QED) is 0.676. The molecule has 0 atom stereocenters. The van der Waals surface area contributed by atoms with E-state index in [2.05, 4.69) is 15.2 Å². The van der Waals surface area contributed by atoms with Crippen LogP contribution in [0.4, 0.5) is 5.69 Å². The van der Waals surface area contributed by atoms with Crippen LogP contribution in [0.2, 0.25) is 0 Å². The lowest BCUT2D eigenvalue weighted by atomic mass is 10.1. The van der Waals surface area contributed by atoms with E-state index in [0.29, 0.717) is 5.78 Å². The van der Waals surface area contributed by atoms with Gasteiger partial charge in [-0.25, -0.2) is 4.98 Å². The van der Waals surface area contributed by atoms with Gasteiger partial charge in [-0.3, -0.25) is 4.40 Å². The summed E-state index contributed by atoms with van der Waals surface area (Å²) in [7, 11) is 0. The number of hydrogen-bond acceptors (Lipinski definition) is 4. The molecule has 0 aliphatic rings. The van der Waals surface area contributed by atoms with E-state index in [9.17, 15) is 0 Å². The highest BCUT2D eigenvalue weighted by Gasteiger charge is 2.14. The Balaban J connectivity index is 2.35. The summed E-state index contributed by atoms with van der Waals surface area (Å²) in [5, 5.41) is 8.41.